The van der Waals surface area contributed by atoms with Gasteiger partial charge < -0.3 is 31.9 Å². The standard InChI is InChI=1S/C12H18N4O7S/c1-5(17)24-7-2-12(7,10(22)14-4-8(18)19)16-11(23)15-3-6(13)9(20)21/h6-7H,2-4,13H2,1H3,(H,14,22)(H,18,19)(H,20,21)(H2,15,16,23)/t6-,7?,12?/m0/s1. The Bertz CT molecular complexity index is 570. The van der Waals surface area contributed by atoms with Crippen LogP contribution in [-0.2, 0) is 19.2 Å². The number of carboxylic acids is 2. The van der Waals surface area contributed by atoms with Gasteiger partial charge in [-0.2, -0.15) is 0 Å². The van der Waals surface area contributed by atoms with Crippen molar-refractivity contribution in [1.82, 2.24) is 16.0 Å². The normalized spacial score (nSPS) is 22.8. The molecule has 0 aliphatic heterocycles. The molecule has 0 aromatic carbocycles. The van der Waals surface area contributed by atoms with Crippen molar-refractivity contribution in [1.29, 1.82) is 0 Å². The summed E-state index contributed by atoms with van der Waals surface area (Å²) < 4.78 is 0. The van der Waals surface area contributed by atoms with Crippen LogP contribution in [0.2, 0.25) is 0 Å². The Labute approximate surface area is 140 Å². The lowest BCUT2D eigenvalue weighted by Crippen LogP contribution is -2.56. The van der Waals surface area contributed by atoms with E-state index in [9.17, 15) is 24.0 Å². The highest BCUT2D eigenvalue weighted by Crippen LogP contribution is 2.46. The van der Waals surface area contributed by atoms with Crippen LogP contribution in [0.15, 0.2) is 0 Å². The molecule has 3 atom stereocenters. The molecule has 7 N–H and O–H groups in total. The lowest BCUT2D eigenvalue weighted by atomic mass is 10.2. The molecular weight excluding hydrogens is 344 g/mol. The number of hydrogen-bond donors (Lipinski definition) is 6. The average molecular weight is 362 g/mol. The van der Waals surface area contributed by atoms with Gasteiger partial charge in [-0.15, -0.1) is 0 Å². The van der Waals surface area contributed by atoms with E-state index in [1.54, 1.807) is 0 Å². The number of carboxylic acid groups (broad SMARTS) is 2. The SMILES string of the molecule is CC(=O)SC1CC1(NC(=O)NC[C@H](N)C(=O)O)C(=O)NCC(=O)O. The van der Waals surface area contributed by atoms with E-state index in [1.165, 1.54) is 6.92 Å². The lowest BCUT2D eigenvalue weighted by Gasteiger charge is -2.19. The van der Waals surface area contributed by atoms with E-state index in [-0.39, 0.29) is 18.1 Å². The fourth-order valence-corrected chi connectivity index (χ4v) is 2.97. The van der Waals surface area contributed by atoms with Crippen molar-refractivity contribution in [3.8, 4) is 0 Å². The van der Waals surface area contributed by atoms with Gasteiger partial charge in [0.2, 0.25) is 5.91 Å². The number of urea groups is 1. The third-order valence-electron chi connectivity index (χ3n) is 3.15. The van der Waals surface area contributed by atoms with E-state index in [2.05, 4.69) is 16.0 Å². The second-order valence-corrected chi connectivity index (χ2v) is 6.51. The van der Waals surface area contributed by atoms with Crippen LogP contribution in [-0.4, -0.2) is 69.1 Å². The molecule has 12 heteroatoms. The molecule has 0 bridgehead atoms. The summed E-state index contributed by atoms with van der Waals surface area (Å²) in [6.45, 7) is 0.304. The maximum absolute atomic E-state index is 12.1. The molecule has 0 spiro atoms. The number of rotatable bonds is 8. The zero-order valence-corrected chi connectivity index (χ0v) is 13.5. The first kappa shape index (κ1) is 19.7. The van der Waals surface area contributed by atoms with Crippen LogP contribution in [0, 0.1) is 0 Å². The van der Waals surface area contributed by atoms with Gasteiger partial charge in [0.15, 0.2) is 5.12 Å². The average Bonchev–Trinajstić information content (AvgIpc) is 3.14. The van der Waals surface area contributed by atoms with Crippen LogP contribution in [0.3, 0.4) is 0 Å². The predicted octanol–water partition coefficient (Wildman–Crippen LogP) is -2.31. The molecule has 1 aliphatic carbocycles. The molecule has 1 rings (SSSR count). The molecule has 2 unspecified atom stereocenters. The van der Waals surface area contributed by atoms with Crippen molar-refractivity contribution in [2.75, 3.05) is 13.1 Å². The maximum atomic E-state index is 12.1. The van der Waals surface area contributed by atoms with E-state index >= 15 is 0 Å². The largest absolute Gasteiger partial charge is 0.480 e. The maximum Gasteiger partial charge on any atom is 0.322 e. The second kappa shape index (κ2) is 7.97. The fourth-order valence-electron chi connectivity index (χ4n) is 1.85. The number of thioether (sulfide) groups is 1. The van der Waals surface area contributed by atoms with Gasteiger partial charge in [-0.25, -0.2) is 4.79 Å². The van der Waals surface area contributed by atoms with Gasteiger partial charge in [0.05, 0.1) is 0 Å². The zero-order valence-electron chi connectivity index (χ0n) is 12.7. The Hall–Kier alpha value is -2.34. The van der Waals surface area contributed by atoms with E-state index in [4.69, 9.17) is 15.9 Å². The van der Waals surface area contributed by atoms with Gasteiger partial charge >= 0.3 is 18.0 Å². The minimum Gasteiger partial charge on any atom is -0.480 e. The molecule has 134 valence electrons. The fraction of sp³-hybridized carbons (Fsp3) is 0.583. The van der Waals surface area contributed by atoms with Crippen LogP contribution in [0.5, 0.6) is 0 Å². The number of nitrogens with one attached hydrogen (secondary N) is 3. The van der Waals surface area contributed by atoms with Crippen molar-refractivity contribution < 1.29 is 34.2 Å². The number of amides is 3. The third-order valence-corrected chi connectivity index (χ3v) is 4.33. The van der Waals surface area contributed by atoms with E-state index in [0.29, 0.717) is 0 Å². The quantitative estimate of drug-likeness (QED) is 0.275. The van der Waals surface area contributed by atoms with Crippen LogP contribution in [0.1, 0.15) is 13.3 Å². The van der Waals surface area contributed by atoms with Gasteiger partial charge in [0.1, 0.15) is 18.1 Å². The van der Waals surface area contributed by atoms with Gasteiger partial charge in [-0.1, -0.05) is 11.8 Å². The predicted molar refractivity (Wildman–Crippen MR) is 82.2 cm³/mol. The van der Waals surface area contributed by atoms with Crippen LogP contribution in [0.25, 0.3) is 0 Å². The first-order valence-corrected chi connectivity index (χ1v) is 7.68. The van der Waals surface area contributed by atoms with Crippen molar-refractivity contribution in [2.24, 2.45) is 5.73 Å². The summed E-state index contributed by atoms with van der Waals surface area (Å²) in [5.74, 6) is -3.30. The van der Waals surface area contributed by atoms with E-state index in [1.807, 2.05) is 0 Å². The van der Waals surface area contributed by atoms with Crippen LogP contribution >= 0.6 is 11.8 Å². The first-order chi connectivity index (χ1) is 11.1. The van der Waals surface area contributed by atoms with Crippen molar-refractivity contribution in [2.45, 2.75) is 30.2 Å². The van der Waals surface area contributed by atoms with Gasteiger partial charge in [0, 0.05) is 18.7 Å². The molecule has 24 heavy (non-hydrogen) atoms. The van der Waals surface area contributed by atoms with Gasteiger partial charge in [-0.3, -0.25) is 19.2 Å². The van der Waals surface area contributed by atoms with Crippen LogP contribution in [0.4, 0.5) is 4.79 Å². The molecule has 1 fully saturated rings. The number of carbonyl (C=O) groups excluding carboxylic acids is 3. The molecular formula is C12H18N4O7S. The Balaban J connectivity index is 2.68. The first-order valence-electron chi connectivity index (χ1n) is 6.80. The minimum atomic E-state index is -1.43. The highest BCUT2D eigenvalue weighted by atomic mass is 32.2. The molecule has 0 aromatic heterocycles. The molecule has 11 nitrogen and oxygen atoms in total. The number of nitrogens with two attached hydrogens (primary N) is 1. The van der Waals surface area contributed by atoms with Crippen molar-refractivity contribution in [3.63, 3.8) is 0 Å². The molecule has 3 amide bonds. The number of aliphatic carboxylic acids is 2. The third kappa shape index (κ3) is 5.38. The summed E-state index contributed by atoms with van der Waals surface area (Å²) in [7, 11) is 0. The summed E-state index contributed by atoms with van der Waals surface area (Å²) >= 11 is 0.853. The lowest BCUT2D eigenvalue weighted by molar-refractivity contribution is -0.138. The monoisotopic (exact) mass is 362 g/mol. The Kier molecular flexibility index (Phi) is 6.54. The Morgan fingerprint density at radius 2 is 1.88 bits per heavy atom. The molecule has 0 heterocycles. The van der Waals surface area contributed by atoms with Gasteiger partial charge in [0.25, 0.3) is 0 Å². The zero-order chi connectivity index (χ0) is 18.5. The summed E-state index contributed by atoms with van der Waals surface area (Å²) in [5, 5.41) is 23.2. The minimum absolute atomic E-state index is 0.140. The molecule has 0 radical (unpaired) electrons. The number of hydrogen-bond acceptors (Lipinski definition) is 7. The summed E-state index contributed by atoms with van der Waals surface area (Å²) in [4.78, 5) is 56.3. The highest BCUT2D eigenvalue weighted by Gasteiger charge is 2.62. The summed E-state index contributed by atoms with van der Waals surface area (Å²) in [6.07, 6.45) is 0.140. The number of carbonyl (C=O) groups is 5. The van der Waals surface area contributed by atoms with E-state index < -0.39 is 47.3 Å². The topological polar surface area (TPSA) is 188 Å². The molecule has 0 saturated heterocycles. The summed E-state index contributed by atoms with van der Waals surface area (Å²) in [6, 6.07) is -2.15. The molecule has 0 aromatic rings. The van der Waals surface area contributed by atoms with Crippen molar-refractivity contribution >= 4 is 40.8 Å². The molecule has 1 aliphatic rings. The second-order valence-electron chi connectivity index (χ2n) is 5.13. The van der Waals surface area contributed by atoms with Crippen molar-refractivity contribution in [3.05, 3.63) is 0 Å². The summed E-state index contributed by atoms with van der Waals surface area (Å²) in [5.41, 5.74) is 3.82. The Morgan fingerprint density at radius 3 is 2.38 bits per heavy atom. The van der Waals surface area contributed by atoms with Crippen LogP contribution < -0.4 is 21.7 Å². The Morgan fingerprint density at radius 1 is 1.25 bits per heavy atom. The van der Waals surface area contributed by atoms with E-state index in [0.717, 1.165) is 11.8 Å². The van der Waals surface area contributed by atoms with Gasteiger partial charge in [-0.05, 0) is 6.42 Å². The smallest absolute Gasteiger partial charge is 0.322 e. The molecule has 1 saturated carbocycles. The highest BCUT2D eigenvalue weighted by molar-refractivity contribution is 8.14.